The Morgan fingerprint density at radius 3 is 2.78 bits per heavy atom. The molecule has 1 aromatic carbocycles. The van der Waals surface area contributed by atoms with Crippen molar-refractivity contribution < 1.29 is 9.53 Å². The van der Waals surface area contributed by atoms with E-state index in [0.717, 1.165) is 42.7 Å². The number of para-hydroxylation sites is 2. The molecule has 0 unspecified atom stereocenters. The maximum Gasteiger partial charge on any atom is 0.172 e. The van der Waals surface area contributed by atoms with E-state index in [2.05, 4.69) is 17.2 Å². The number of ether oxygens (including phenoxy) is 1. The van der Waals surface area contributed by atoms with Crippen molar-refractivity contribution in [1.29, 1.82) is 0 Å². The predicted octanol–water partition coefficient (Wildman–Crippen LogP) is 3.92. The van der Waals surface area contributed by atoms with Gasteiger partial charge in [0.05, 0.1) is 12.3 Å². The van der Waals surface area contributed by atoms with E-state index >= 15 is 0 Å². The lowest BCUT2D eigenvalue weighted by Gasteiger charge is -2.23. The summed E-state index contributed by atoms with van der Waals surface area (Å²) in [6, 6.07) is 7.83. The lowest BCUT2D eigenvalue weighted by molar-refractivity contribution is 0.111. The number of nitrogens with zero attached hydrogens (tertiary/aromatic N) is 3. The number of hydrogen-bond donors (Lipinski definition) is 0. The molecule has 0 saturated heterocycles. The Labute approximate surface area is 136 Å². The molecule has 0 N–H and O–H groups in total. The van der Waals surface area contributed by atoms with Crippen molar-refractivity contribution >= 4 is 6.29 Å². The zero-order valence-corrected chi connectivity index (χ0v) is 13.6. The van der Waals surface area contributed by atoms with Gasteiger partial charge in [-0.05, 0) is 31.4 Å². The van der Waals surface area contributed by atoms with Crippen LogP contribution in [0.2, 0.25) is 0 Å². The Morgan fingerprint density at radius 1 is 1.26 bits per heavy atom. The minimum Gasteiger partial charge on any atom is -0.491 e. The average Bonchev–Trinajstić information content (AvgIpc) is 3.04. The summed E-state index contributed by atoms with van der Waals surface area (Å²) >= 11 is 0. The highest BCUT2D eigenvalue weighted by molar-refractivity contribution is 5.74. The molecule has 3 rings (SSSR count). The fraction of sp³-hybridized carbons (Fsp3) is 0.500. The number of carbonyl (C=O) groups excluding carboxylic acids is 1. The van der Waals surface area contributed by atoms with Crippen LogP contribution in [0.1, 0.15) is 67.5 Å². The molecule has 1 aromatic heterocycles. The van der Waals surface area contributed by atoms with Crippen molar-refractivity contribution in [3.05, 3.63) is 35.7 Å². The maximum atomic E-state index is 11.4. The zero-order chi connectivity index (χ0) is 16.1. The number of carbonyl (C=O) groups is 1. The van der Waals surface area contributed by atoms with Crippen LogP contribution >= 0.6 is 0 Å². The fourth-order valence-corrected chi connectivity index (χ4v) is 3.29. The minimum absolute atomic E-state index is 0.346. The maximum absolute atomic E-state index is 11.4. The highest BCUT2D eigenvalue weighted by Gasteiger charge is 2.26. The van der Waals surface area contributed by atoms with Gasteiger partial charge in [0.25, 0.3) is 0 Å². The molecule has 1 saturated carbocycles. The first-order chi connectivity index (χ1) is 11.3. The summed E-state index contributed by atoms with van der Waals surface area (Å²) in [5, 5.41) is 8.35. The molecule has 1 aliphatic carbocycles. The summed E-state index contributed by atoms with van der Waals surface area (Å²) in [7, 11) is 0. The molecule has 0 radical (unpaired) electrons. The molecule has 1 aliphatic rings. The molecule has 5 nitrogen and oxygen atoms in total. The van der Waals surface area contributed by atoms with Gasteiger partial charge in [0.2, 0.25) is 0 Å². The number of benzene rings is 1. The van der Waals surface area contributed by atoms with E-state index in [1.54, 1.807) is 0 Å². The minimum atomic E-state index is 0.346. The second-order valence-electron chi connectivity index (χ2n) is 6.04. The van der Waals surface area contributed by atoms with Crippen molar-refractivity contribution in [2.75, 3.05) is 6.61 Å². The van der Waals surface area contributed by atoms with Crippen molar-refractivity contribution in [3.8, 4) is 11.4 Å². The van der Waals surface area contributed by atoms with Crippen LogP contribution in [0.15, 0.2) is 24.3 Å². The predicted molar refractivity (Wildman–Crippen MR) is 88.4 cm³/mol. The van der Waals surface area contributed by atoms with Crippen molar-refractivity contribution in [2.24, 2.45) is 0 Å². The second kappa shape index (κ2) is 7.40. The molecule has 2 aromatic rings. The second-order valence-corrected chi connectivity index (χ2v) is 6.04. The number of rotatable bonds is 6. The first kappa shape index (κ1) is 15.7. The third kappa shape index (κ3) is 3.28. The van der Waals surface area contributed by atoms with Crippen LogP contribution in [0.5, 0.6) is 5.75 Å². The average molecular weight is 313 g/mol. The largest absolute Gasteiger partial charge is 0.491 e. The SMILES string of the molecule is CCCOc1ccccc1-n1nnc(C=O)c1C1CCCCC1. The normalized spacial score (nSPS) is 15.5. The molecule has 122 valence electrons. The highest BCUT2D eigenvalue weighted by atomic mass is 16.5. The first-order valence-corrected chi connectivity index (χ1v) is 8.48. The van der Waals surface area contributed by atoms with Crippen molar-refractivity contribution in [1.82, 2.24) is 15.0 Å². The Balaban J connectivity index is 2.03. The summed E-state index contributed by atoms with van der Waals surface area (Å²) in [6.45, 7) is 2.74. The summed E-state index contributed by atoms with van der Waals surface area (Å²) in [6.07, 6.45) is 7.61. The molecule has 0 spiro atoms. The monoisotopic (exact) mass is 313 g/mol. The fourth-order valence-electron chi connectivity index (χ4n) is 3.29. The molecular weight excluding hydrogens is 290 g/mol. The lowest BCUT2D eigenvalue weighted by Crippen LogP contribution is -2.13. The highest BCUT2D eigenvalue weighted by Crippen LogP contribution is 2.35. The van der Waals surface area contributed by atoms with Gasteiger partial charge in [-0.1, -0.05) is 43.5 Å². The quantitative estimate of drug-likeness (QED) is 0.759. The molecule has 0 atom stereocenters. The smallest absolute Gasteiger partial charge is 0.172 e. The summed E-state index contributed by atoms with van der Waals surface area (Å²) < 4.78 is 7.66. The van der Waals surface area contributed by atoms with Crippen LogP contribution in [-0.2, 0) is 0 Å². The Bertz CT molecular complexity index is 660. The van der Waals surface area contributed by atoms with Crippen LogP contribution in [0.3, 0.4) is 0 Å². The number of hydrogen-bond acceptors (Lipinski definition) is 4. The Hall–Kier alpha value is -2.17. The van der Waals surface area contributed by atoms with Crippen LogP contribution in [-0.4, -0.2) is 27.9 Å². The van der Waals surface area contributed by atoms with Crippen molar-refractivity contribution in [2.45, 2.75) is 51.4 Å². The molecule has 0 amide bonds. The number of aromatic nitrogens is 3. The number of aldehydes is 1. The van der Waals surface area contributed by atoms with Gasteiger partial charge in [-0.3, -0.25) is 4.79 Å². The van der Waals surface area contributed by atoms with E-state index < -0.39 is 0 Å². The van der Waals surface area contributed by atoms with Crippen molar-refractivity contribution in [3.63, 3.8) is 0 Å². The van der Waals surface area contributed by atoms with E-state index in [9.17, 15) is 4.79 Å². The van der Waals surface area contributed by atoms with Gasteiger partial charge >= 0.3 is 0 Å². The molecule has 0 aliphatic heterocycles. The molecule has 23 heavy (non-hydrogen) atoms. The Kier molecular flexibility index (Phi) is 5.05. The first-order valence-electron chi connectivity index (χ1n) is 8.48. The van der Waals surface area contributed by atoms with Gasteiger partial charge in [-0.2, -0.15) is 0 Å². The molecule has 0 bridgehead atoms. The van der Waals surface area contributed by atoms with Gasteiger partial charge in [0.15, 0.2) is 6.29 Å². The summed E-state index contributed by atoms with van der Waals surface area (Å²) in [5.74, 6) is 1.13. The Morgan fingerprint density at radius 2 is 2.04 bits per heavy atom. The van der Waals surface area contributed by atoms with E-state index in [1.807, 2.05) is 28.9 Å². The third-order valence-corrected chi connectivity index (χ3v) is 4.39. The summed E-state index contributed by atoms with van der Waals surface area (Å²) in [5.41, 5.74) is 2.26. The van der Waals surface area contributed by atoms with Crippen LogP contribution in [0, 0.1) is 0 Å². The van der Waals surface area contributed by atoms with E-state index in [-0.39, 0.29) is 0 Å². The van der Waals surface area contributed by atoms with E-state index in [0.29, 0.717) is 18.2 Å². The summed E-state index contributed by atoms with van der Waals surface area (Å²) in [4.78, 5) is 11.4. The van der Waals surface area contributed by atoms with Crippen LogP contribution in [0.25, 0.3) is 5.69 Å². The van der Waals surface area contributed by atoms with Gasteiger partial charge in [-0.15, -0.1) is 5.10 Å². The van der Waals surface area contributed by atoms with Crippen LogP contribution in [0.4, 0.5) is 0 Å². The van der Waals surface area contributed by atoms with E-state index in [1.165, 1.54) is 19.3 Å². The third-order valence-electron chi connectivity index (χ3n) is 4.39. The lowest BCUT2D eigenvalue weighted by atomic mass is 9.86. The van der Waals surface area contributed by atoms with Gasteiger partial charge < -0.3 is 4.74 Å². The topological polar surface area (TPSA) is 57.0 Å². The molecule has 1 fully saturated rings. The van der Waals surface area contributed by atoms with Crippen LogP contribution < -0.4 is 4.74 Å². The molecular formula is C18H23N3O2. The van der Waals surface area contributed by atoms with E-state index in [4.69, 9.17) is 4.74 Å². The van der Waals surface area contributed by atoms with Gasteiger partial charge in [0.1, 0.15) is 17.1 Å². The molecule has 1 heterocycles. The molecule has 5 heteroatoms. The standard InChI is InChI=1S/C18H23N3O2/c1-2-12-23-17-11-7-6-10-16(17)21-18(15(13-22)19-20-21)14-8-4-3-5-9-14/h6-7,10-11,13-14H,2-5,8-9,12H2,1H3. The van der Waals surface area contributed by atoms with Gasteiger partial charge in [0, 0.05) is 5.92 Å². The zero-order valence-electron chi connectivity index (χ0n) is 13.6. The van der Waals surface area contributed by atoms with Gasteiger partial charge in [-0.25, -0.2) is 4.68 Å².